The number of carbonyl (C=O) groups is 1. The first-order valence-corrected chi connectivity index (χ1v) is 9.82. The molecule has 1 aliphatic carbocycles. The number of aryl methyl sites for hydroxylation is 1. The molecular formula is C22H24FN3O2. The lowest BCUT2D eigenvalue weighted by Crippen LogP contribution is -2.25. The van der Waals surface area contributed by atoms with Gasteiger partial charge in [-0.2, -0.15) is 5.26 Å². The summed E-state index contributed by atoms with van der Waals surface area (Å²) >= 11 is 0. The molecule has 0 amide bonds. The first-order valence-electron chi connectivity index (χ1n) is 9.82. The van der Waals surface area contributed by atoms with Crippen LogP contribution in [0.1, 0.15) is 68.3 Å². The second-order valence-corrected chi connectivity index (χ2v) is 7.28. The van der Waals surface area contributed by atoms with E-state index in [1.165, 1.54) is 12.1 Å². The molecule has 2 aromatic rings. The number of rotatable bonds is 6. The standard InChI is InChI=1S/C22H24FN3O2/c1-2-3-4-15-13-25-21(26-14-15)16-5-7-17(8-6-16)22(27)28-19-10-9-18(12-24)20(23)11-19/h9-11,13-14,16-17H,2-8H2,1H3. The van der Waals surface area contributed by atoms with Crippen LogP contribution in [0.3, 0.4) is 0 Å². The minimum absolute atomic E-state index is 0.0685. The summed E-state index contributed by atoms with van der Waals surface area (Å²) in [6.07, 6.45) is 10.2. The van der Waals surface area contributed by atoms with E-state index in [0.717, 1.165) is 49.6 Å². The molecule has 0 bridgehead atoms. The van der Waals surface area contributed by atoms with Crippen molar-refractivity contribution < 1.29 is 13.9 Å². The fourth-order valence-corrected chi connectivity index (χ4v) is 3.52. The lowest BCUT2D eigenvalue weighted by molar-refractivity contribution is -0.140. The van der Waals surface area contributed by atoms with Crippen LogP contribution in [0.5, 0.6) is 5.75 Å². The third kappa shape index (κ3) is 4.92. The molecule has 1 aromatic heterocycles. The maximum Gasteiger partial charge on any atom is 0.314 e. The minimum atomic E-state index is -0.684. The normalized spacial score (nSPS) is 19.0. The Morgan fingerprint density at radius 2 is 1.96 bits per heavy atom. The van der Waals surface area contributed by atoms with E-state index in [-0.39, 0.29) is 29.1 Å². The highest BCUT2D eigenvalue weighted by Gasteiger charge is 2.29. The summed E-state index contributed by atoms with van der Waals surface area (Å²) in [6, 6.07) is 5.58. The largest absolute Gasteiger partial charge is 0.426 e. The highest BCUT2D eigenvalue weighted by molar-refractivity contribution is 5.75. The number of benzene rings is 1. The number of nitriles is 1. The maximum atomic E-state index is 13.7. The van der Waals surface area contributed by atoms with Gasteiger partial charge in [0.25, 0.3) is 0 Å². The van der Waals surface area contributed by atoms with Crippen LogP contribution >= 0.6 is 0 Å². The summed E-state index contributed by atoms with van der Waals surface area (Å²) in [4.78, 5) is 21.4. The quantitative estimate of drug-likeness (QED) is 0.535. The van der Waals surface area contributed by atoms with Gasteiger partial charge in [-0.05, 0) is 56.2 Å². The van der Waals surface area contributed by atoms with E-state index in [1.807, 2.05) is 12.4 Å². The first-order chi connectivity index (χ1) is 13.6. The second-order valence-electron chi connectivity index (χ2n) is 7.28. The number of esters is 1. The van der Waals surface area contributed by atoms with Gasteiger partial charge in [0.15, 0.2) is 0 Å². The van der Waals surface area contributed by atoms with Crippen LogP contribution in [0.4, 0.5) is 4.39 Å². The van der Waals surface area contributed by atoms with Gasteiger partial charge in [0.2, 0.25) is 0 Å². The second kappa shape index (κ2) is 9.41. The zero-order valence-electron chi connectivity index (χ0n) is 16.0. The van der Waals surface area contributed by atoms with Crippen LogP contribution in [0.15, 0.2) is 30.6 Å². The van der Waals surface area contributed by atoms with Crippen LogP contribution in [-0.4, -0.2) is 15.9 Å². The van der Waals surface area contributed by atoms with Crippen molar-refractivity contribution in [2.75, 3.05) is 0 Å². The molecule has 3 rings (SSSR count). The van der Waals surface area contributed by atoms with E-state index in [9.17, 15) is 9.18 Å². The lowest BCUT2D eigenvalue weighted by atomic mass is 9.81. The Kier molecular flexibility index (Phi) is 6.70. The van der Waals surface area contributed by atoms with E-state index in [0.29, 0.717) is 12.8 Å². The molecule has 0 unspecified atom stereocenters. The molecular weight excluding hydrogens is 357 g/mol. The van der Waals surface area contributed by atoms with Crippen molar-refractivity contribution in [2.45, 2.75) is 57.8 Å². The van der Waals surface area contributed by atoms with Crippen molar-refractivity contribution in [3.8, 4) is 11.8 Å². The van der Waals surface area contributed by atoms with Crippen molar-refractivity contribution in [3.05, 3.63) is 53.4 Å². The molecule has 1 saturated carbocycles. The molecule has 1 aliphatic rings. The van der Waals surface area contributed by atoms with Gasteiger partial charge in [-0.3, -0.25) is 4.79 Å². The number of nitrogens with zero attached hydrogens (tertiary/aromatic N) is 3. The number of halogens is 1. The Morgan fingerprint density at radius 1 is 1.25 bits per heavy atom. The third-order valence-corrected chi connectivity index (χ3v) is 5.25. The molecule has 0 atom stereocenters. The SMILES string of the molecule is CCCCc1cnc(C2CCC(C(=O)Oc3ccc(C#N)c(F)c3)CC2)nc1. The smallest absolute Gasteiger partial charge is 0.314 e. The molecule has 6 heteroatoms. The molecule has 0 N–H and O–H groups in total. The predicted octanol–water partition coefficient (Wildman–Crippen LogP) is 4.71. The fourth-order valence-electron chi connectivity index (χ4n) is 3.52. The average Bonchev–Trinajstić information content (AvgIpc) is 2.73. The summed E-state index contributed by atoms with van der Waals surface area (Å²) in [5.41, 5.74) is 1.10. The van der Waals surface area contributed by atoms with Gasteiger partial charge in [0.05, 0.1) is 11.5 Å². The molecule has 0 saturated heterocycles. The highest BCUT2D eigenvalue weighted by Crippen LogP contribution is 2.35. The van der Waals surface area contributed by atoms with Crippen LogP contribution < -0.4 is 4.74 Å². The van der Waals surface area contributed by atoms with Gasteiger partial charge < -0.3 is 4.74 Å². The van der Waals surface area contributed by atoms with Crippen molar-refractivity contribution in [1.82, 2.24) is 9.97 Å². The Hall–Kier alpha value is -2.81. The van der Waals surface area contributed by atoms with Gasteiger partial charge in [0.1, 0.15) is 23.5 Å². The molecule has 28 heavy (non-hydrogen) atoms. The Morgan fingerprint density at radius 3 is 2.57 bits per heavy atom. The molecule has 0 aliphatic heterocycles. The van der Waals surface area contributed by atoms with Gasteiger partial charge in [-0.15, -0.1) is 0 Å². The summed E-state index contributed by atoms with van der Waals surface area (Å²) in [5, 5.41) is 8.76. The van der Waals surface area contributed by atoms with E-state index in [2.05, 4.69) is 16.9 Å². The zero-order valence-corrected chi connectivity index (χ0v) is 16.0. The molecule has 1 fully saturated rings. The van der Waals surface area contributed by atoms with Crippen LogP contribution in [-0.2, 0) is 11.2 Å². The monoisotopic (exact) mass is 381 g/mol. The third-order valence-electron chi connectivity index (χ3n) is 5.25. The number of hydrogen-bond acceptors (Lipinski definition) is 5. The Bertz CT molecular complexity index is 853. The lowest BCUT2D eigenvalue weighted by Gasteiger charge is -2.26. The Labute approximate surface area is 164 Å². The number of carbonyl (C=O) groups excluding carboxylic acids is 1. The van der Waals surface area contributed by atoms with Crippen molar-refractivity contribution in [1.29, 1.82) is 5.26 Å². The number of ether oxygens (including phenoxy) is 1. The number of aromatic nitrogens is 2. The van der Waals surface area contributed by atoms with Crippen LogP contribution in [0, 0.1) is 23.1 Å². The average molecular weight is 381 g/mol. The predicted molar refractivity (Wildman–Crippen MR) is 102 cm³/mol. The van der Waals surface area contributed by atoms with Gasteiger partial charge in [0, 0.05) is 24.4 Å². The molecule has 5 nitrogen and oxygen atoms in total. The molecule has 146 valence electrons. The molecule has 0 radical (unpaired) electrons. The summed E-state index contributed by atoms with van der Waals surface area (Å²) < 4.78 is 19.0. The summed E-state index contributed by atoms with van der Waals surface area (Å²) in [5.74, 6) is 0.000646. The van der Waals surface area contributed by atoms with Crippen LogP contribution in [0.25, 0.3) is 0 Å². The molecule has 1 aromatic carbocycles. The van der Waals surface area contributed by atoms with E-state index in [1.54, 1.807) is 6.07 Å². The molecule has 1 heterocycles. The summed E-state index contributed by atoms with van der Waals surface area (Å²) in [7, 11) is 0. The van der Waals surface area contributed by atoms with E-state index in [4.69, 9.17) is 10.00 Å². The highest BCUT2D eigenvalue weighted by atomic mass is 19.1. The van der Waals surface area contributed by atoms with Gasteiger partial charge in [-0.25, -0.2) is 14.4 Å². The topological polar surface area (TPSA) is 75.9 Å². The number of hydrogen-bond donors (Lipinski definition) is 0. The fraction of sp³-hybridized carbons (Fsp3) is 0.455. The molecule has 0 spiro atoms. The van der Waals surface area contributed by atoms with E-state index < -0.39 is 5.82 Å². The van der Waals surface area contributed by atoms with E-state index >= 15 is 0 Å². The maximum absolute atomic E-state index is 13.7. The Balaban J connectivity index is 1.52. The van der Waals surface area contributed by atoms with Crippen molar-refractivity contribution >= 4 is 5.97 Å². The van der Waals surface area contributed by atoms with Gasteiger partial charge >= 0.3 is 5.97 Å². The van der Waals surface area contributed by atoms with Crippen molar-refractivity contribution in [2.24, 2.45) is 5.92 Å². The zero-order chi connectivity index (χ0) is 19.9. The summed E-state index contributed by atoms with van der Waals surface area (Å²) in [6.45, 7) is 2.16. The van der Waals surface area contributed by atoms with Crippen LogP contribution in [0.2, 0.25) is 0 Å². The van der Waals surface area contributed by atoms with Crippen molar-refractivity contribution in [3.63, 3.8) is 0 Å². The minimum Gasteiger partial charge on any atom is -0.426 e. The first kappa shape index (κ1) is 19.9. The van der Waals surface area contributed by atoms with Gasteiger partial charge in [-0.1, -0.05) is 13.3 Å². The number of unbranched alkanes of at least 4 members (excludes halogenated alkanes) is 1.